The molecular weight excluding hydrogens is 331 g/mol. The summed E-state index contributed by atoms with van der Waals surface area (Å²) in [4.78, 5) is 10.3. The van der Waals surface area contributed by atoms with E-state index in [0.717, 1.165) is 37.9 Å². The Hall–Kier alpha value is -1.21. The quantitative estimate of drug-likeness (QED) is 0.487. The first-order valence-corrected chi connectivity index (χ1v) is 7.37. The lowest BCUT2D eigenvalue weighted by Crippen LogP contribution is -2.21. The first kappa shape index (κ1) is 15.2. The summed E-state index contributed by atoms with van der Waals surface area (Å²) in [6.07, 6.45) is 4.10. The molecule has 1 aliphatic heterocycles. The van der Waals surface area contributed by atoms with E-state index in [1.165, 1.54) is 6.42 Å². The van der Waals surface area contributed by atoms with Crippen LogP contribution in [0.4, 0.5) is 10.1 Å². The summed E-state index contributed by atoms with van der Waals surface area (Å²) in [5.74, 6) is -0.585. The molecule has 1 aromatic rings. The molecule has 0 saturated carbocycles. The van der Waals surface area contributed by atoms with Crippen molar-refractivity contribution in [3.05, 3.63) is 32.5 Å². The summed E-state index contributed by atoms with van der Waals surface area (Å²) in [7, 11) is 0. The van der Waals surface area contributed by atoms with Gasteiger partial charge in [-0.05, 0) is 48.2 Å². The number of halogens is 2. The van der Waals surface area contributed by atoms with E-state index in [2.05, 4.69) is 21.2 Å². The smallest absolute Gasteiger partial charge is 0.312 e. The van der Waals surface area contributed by atoms with Gasteiger partial charge < -0.3 is 10.1 Å². The van der Waals surface area contributed by atoms with E-state index in [1.54, 1.807) is 0 Å². The Morgan fingerprint density at radius 3 is 3.00 bits per heavy atom. The van der Waals surface area contributed by atoms with Crippen LogP contribution in [-0.4, -0.2) is 24.1 Å². The molecule has 20 heavy (non-hydrogen) atoms. The van der Waals surface area contributed by atoms with Crippen molar-refractivity contribution in [2.45, 2.75) is 31.7 Å². The topological polar surface area (TPSA) is 64.4 Å². The van der Waals surface area contributed by atoms with Gasteiger partial charge in [0.05, 0.1) is 16.0 Å². The molecule has 1 saturated heterocycles. The molecule has 1 aromatic carbocycles. The largest absolute Gasteiger partial charge is 0.487 e. The summed E-state index contributed by atoms with van der Waals surface area (Å²) in [5, 5.41) is 14.3. The zero-order valence-corrected chi connectivity index (χ0v) is 12.5. The van der Waals surface area contributed by atoms with Gasteiger partial charge in [-0.2, -0.15) is 0 Å². The molecule has 1 aliphatic rings. The normalized spacial score (nSPS) is 18.2. The maximum atomic E-state index is 13.4. The minimum absolute atomic E-state index is 0.0184. The average Bonchev–Trinajstić information content (AvgIpc) is 2.91. The van der Waals surface area contributed by atoms with Crippen molar-refractivity contribution in [3.8, 4) is 5.75 Å². The van der Waals surface area contributed by atoms with Gasteiger partial charge >= 0.3 is 5.69 Å². The molecule has 7 heteroatoms. The van der Waals surface area contributed by atoms with Crippen molar-refractivity contribution >= 4 is 21.6 Å². The van der Waals surface area contributed by atoms with Gasteiger partial charge in [-0.1, -0.05) is 0 Å². The first-order chi connectivity index (χ1) is 9.58. The summed E-state index contributed by atoms with van der Waals surface area (Å²) in [5.41, 5.74) is -0.225. The van der Waals surface area contributed by atoms with Crippen LogP contribution >= 0.6 is 15.9 Å². The van der Waals surface area contributed by atoms with Crippen LogP contribution in [0.25, 0.3) is 0 Å². The highest BCUT2D eigenvalue weighted by atomic mass is 79.9. The van der Waals surface area contributed by atoms with Crippen LogP contribution in [0.5, 0.6) is 5.75 Å². The van der Waals surface area contributed by atoms with Crippen LogP contribution in [0.2, 0.25) is 0 Å². The van der Waals surface area contributed by atoms with Crippen molar-refractivity contribution in [1.29, 1.82) is 0 Å². The van der Waals surface area contributed by atoms with Gasteiger partial charge in [-0.3, -0.25) is 10.1 Å². The minimum atomic E-state index is -0.571. The highest BCUT2D eigenvalue weighted by Gasteiger charge is 2.19. The highest BCUT2D eigenvalue weighted by molar-refractivity contribution is 9.10. The van der Waals surface area contributed by atoms with Gasteiger partial charge in [0.2, 0.25) is 0 Å². The van der Waals surface area contributed by atoms with Crippen LogP contribution in [0.1, 0.15) is 25.7 Å². The number of nitrogens with one attached hydrogen (secondary N) is 1. The third-order valence-corrected chi connectivity index (χ3v) is 3.92. The van der Waals surface area contributed by atoms with Crippen molar-refractivity contribution in [1.82, 2.24) is 5.32 Å². The van der Waals surface area contributed by atoms with Gasteiger partial charge in [-0.15, -0.1) is 0 Å². The van der Waals surface area contributed by atoms with Crippen molar-refractivity contribution in [2.75, 3.05) is 13.2 Å². The van der Waals surface area contributed by atoms with E-state index in [-0.39, 0.29) is 15.9 Å². The highest BCUT2D eigenvalue weighted by Crippen LogP contribution is 2.32. The second-order valence-electron chi connectivity index (χ2n) is 4.78. The van der Waals surface area contributed by atoms with E-state index in [4.69, 9.17) is 4.74 Å². The monoisotopic (exact) mass is 346 g/mol. The van der Waals surface area contributed by atoms with E-state index in [0.29, 0.717) is 12.6 Å². The van der Waals surface area contributed by atoms with Crippen LogP contribution in [0, 0.1) is 15.9 Å². The minimum Gasteiger partial charge on any atom is -0.487 e. The molecule has 1 N–H and O–H groups in total. The van der Waals surface area contributed by atoms with E-state index >= 15 is 0 Å². The lowest BCUT2D eigenvalue weighted by atomic mass is 10.1. The van der Waals surface area contributed by atoms with Crippen LogP contribution in [-0.2, 0) is 0 Å². The number of hydrogen-bond donors (Lipinski definition) is 1. The molecule has 1 fully saturated rings. The summed E-state index contributed by atoms with van der Waals surface area (Å²) < 4.78 is 18.8. The molecular formula is C13H16BrFN2O3. The fraction of sp³-hybridized carbons (Fsp3) is 0.538. The van der Waals surface area contributed by atoms with Crippen LogP contribution in [0.3, 0.4) is 0 Å². The Labute approximate surface area is 124 Å². The Morgan fingerprint density at radius 2 is 2.35 bits per heavy atom. The van der Waals surface area contributed by atoms with Gasteiger partial charge in [0.1, 0.15) is 5.82 Å². The summed E-state index contributed by atoms with van der Waals surface area (Å²) in [6.45, 7) is 1.40. The predicted octanol–water partition coefficient (Wildman–Crippen LogP) is 3.41. The molecule has 1 atom stereocenters. The van der Waals surface area contributed by atoms with Crippen molar-refractivity contribution < 1.29 is 14.1 Å². The molecule has 110 valence electrons. The van der Waals surface area contributed by atoms with E-state index < -0.39 is 10.7 Å². The zero-order chi connectivity index (χ0) is 14.5. The van der Waals surface area contributed by atoms with Gasteiger partial charge in [0.25, 0.3) is 0 Å². The Balaban J connectivity index is 1.90. The molecule has 0 aromatic heterocycles. The van der Waals surface area contributed by atoms with E-state index in [1.807, 2.05) is 0 Å². The number of benzene rings is 1. The van der Waals surface area contributed by atoms with Crippen LogP contribution < -0.4 is 10.1 Å². The Morgan fingerprint density at radius 1 is 1.55 bits per heavy atom. The number of nitrogens with zero attached hydrogens (tertiary/aromatic N) is 1. The zero-order valence-electron chi connectivity index (χ0n) is 10.9. The van der Waals surface area contributed by atoms with Gasteiger partial charge in [0, 0.05) is 18.2 Å². The van der Waals surface area contributed by atoms with Crippen LogP contribution in [0.15, 0.2) is 16.6 Å². The molecule has 0 radical (unpaired) electrons. The molecule has 0 bridgehead atoms. The fourth-order valence-electron chi connectivity index (χ4n) is 2.29. The number of rotatable bonds is 6. The SMILES string of the molecule is O=[N+]([O-])c1cc(Br)c(F)cc1OCCCC1CCCN1. The van der Waals surface area contributed by atoms with Crippen molar-refractivity contribution in [3.63, 3.8) is 0 Å². The Kier molecular flexibility index (Phi) is 5.31. The van der Waals surface area contributed by atoms with Gasteiger partial charge in [-0.25, -0.2) is 4.39 Å². The summed E-state index contributed by atoms with van der Waals surface area (Å²) in [6, 6.07) is 2.69. The lowest BCUT2D eigenvalue weighted by molar-refractivity contribution is -0.386. The van der Waals surface area contributed by atoms with Gasteiger partial charge in [0.15, 0.2) is 5.75 Å². The standard InChI is InChI=1S/C13H16BrFN2O3/c14-10-7-12(17(18)19)13(8-11(10)15)20-6-2-4-9-3-1-5-16-9/h7-9,16H,1-6H2. The fourth-order valence-corrected chi connectivity index (χ4v) is 2.62. The van der Waals surface area contributed by atoms with E-state index in [9.17, 15) is 14.5 Å². The third-order valence-electron chi connectivity index (χ3n) is 3.32. The third kappa shape index (κ3) is 3.89. The molecule has 2 rings (SSSR count). The van der Waals surface area contributed by atoms with Crippen molar-refractivity contribution in [2.24, 2.45) is 0 Å². The Bertz CT molecular complexity index is 493. The molecule has 1 heterocycles. The number of nitro benzene ring substituents is 1. The summed E-state index contributed by atoms with van der Waals surface area (Å²) >= 11 is 2.93. The average molecular weight is 347 g/mol. The first-order valence-electron chi connectivity index (χ1n) is 6.57. The number of hydrogen-bond acceptors (Lipinski definition) is 4. The molecule has 0 amide bonds. The number of ether oxygens (including phenoxy) is 1. The second kappa shape index (κ2) is 6.99. The molecule has 0 spiro atoms. The molecule has 1 unspecified atom stereocenters. The molecule has 5 nitrogen and oxygen atoms in total. The number of nitro groups is 1. The maximum absolute atomic E-state index is 13.4. The second-order valence-corrected chi connectivity index (χ2v) is 5.63. The predicted molar refractivity (Wildman–Crippen MR) is 76.5 cm³/mol. The molecule has 0 aliphatic carbocycles. The maximum Gasteiger partial charge on any atom is 0.312 e. The lowest BCUT2D eigenvalue weighted by Gasteiger charge is -2.11.